The van der Waals surface area contributed by atoms with Gasteiger partial charge in [-0.25, -0.2) is 4.98 Å². The summed E-state index contributed by atoms with van der Waals surface area (Å²) in [7, 11) is 0. The molecule has 96 valence electrons. The summed E-state index contributed by atoms with van der Waals surface area (Å²) in [5, 5.41) is 2.01. The van der Waals surface area contributed by atoms with Crippen LogP contribution in [0.2, 0.25) is 0 Å². The van der Waals surface area contributed by atoms with Crippen molar-refractivity contribution in [3.8, 4) is 0 Å². The van der Waals surface area contributed by atoms with Crippen molar-refractivity contribution in [1.29, 1.82) is 0 Å². The Bertz CT molecular complexity index is 785. The second kappa shape index (κ2) is 3.60. The van der Waals surface area contributed by atoms with Crippen LogP contribution in [0.1, 0.15) is 12.8 Å². The van der Waals surface area contributed by atoms with E-state index in [0.717, 1.165) is 28.8 Å². The van der Waals surface area contributed by atoms with E-state index in [4.69, 9.17) is 11.5 Å². The zero-order chi connectivity index (χ0) is 13.0. The predicted molar refractivity (Wildman–Crippen MR) is 76.6 cm³/mol. The first-order chi connectivity index (χ1) is 9.22. The molecule has 2 aromatic heterocycles. The van der Waals surface area contributed by atoms with Gasteiger partial charge in [0.15, 0.2) is 0 Å². The van der Waals surface area contributed by atoms with Gasteiger partial charge in [-0.05, 0) is 37.0 Å². The molecule has 0 amide bonds. The summed E-state index contributed by atoms with van der Waals surface area (Å²) in [6, 6.07) is 6.15. The van der Waals surface area contributed by atoms with Crippen LogP contribution in [0.25, 0.3) is 21.8 Å². The highest BCUT2D eigenvalue weighted by Crippen LogP contribution is 2.34. The fourth-order valence-electron chi connectivity index (χ4n) is 2.69. The van der Waals surface area contributed by atoms with E-state index < -0.39 is 0 Å². The van der Waals surface area contributed by atoms with Crippen molar-refractivity contribution in [2.24, 2.45) is 5.92 Å². The number of aromatic nitrogens is 3. The van der Waals surface area contributed by atoms with Gasteiger partial charge in [-0.2, -0.15) is 4.98 Å². The zero-order valence-electron chi connectivity index (χ0n) is 10.5. The summed E-state index contributed by atoms with van der Waals surface area (Å²) in [6.45, 7) is 1.09. The number of anilines is 2. The summed E-state index contributed by atoms with van der Waals surface area (Å²) in [6.07, 6.45) is 4.81. The van der Waals surface area contributed by atoms with E-state index in [-0.39, 0.29) is 5.95 Å². The van der Waals surface area contributed by atoms with Gasteiger partial charge >= 0.3 is 0 Å². The first kappa shape index (κ1) is 10.6. The molecule has 0 unspecified atom stereocenters. The van der Waals surface area contributed by atoms with Gasteiger partial charge in [0.2, 0.25) is 5.95 Å². The Morgan fingerprint density at radius 1 is 1.16 bits per heavy atom. The minimum atomic E-state index is 0.224. The second-order valence-corrected chi connectivity index (χ2v) is 5.27. The molecule has 0 radical (unpaired) electrons. The number of benzene rings is 1. The number of nitrogens with two attached hydrogens (primary N) is 2. The molecule has 0 aliphatic heterocycles. The van der Waals surface area contributed by atoms with E-state index in [9.17, 15) is 0 Å². The monoisotopic (exact) mass is 253 g/mol. The summed E-state index contributed by atoms with van der Waals surface area (Å²) < 4.78 is 2.29. The molecule has 1 aromatic carbocycles. The van der Waals surface area contributed by atoms with E-state index in [0.29, 0.717) is 5.82 Å². The Kier molecular flexibility index (Phi) is 2.01. The maximum atomic E-state index is 6.01. The molecule has 1 aliphatic carbocycles. The Balaban J connectivity index is 2.00. The maximum Gasteiger partial charge on any atom is 0.222 e. The number of hydrogen-bond acceptors (Lipinski definition) is 4. The van der Waals surface area contributed by atoms with E-state index in [1.54, 1.807) is 0 Å². The smallest absolute Gasteiger partial charge is 0.222 e. The molecule has 3 aromatic rings. The van der Waals surface area contributed by atoms with E-state index in [2.05, 4.69) is 32.9 Å². The minimum absolute atomic E-state index is 0.224. The second-order valence-electron chi connectivity index (χ2n) is 5.27. The molecule has 1 fully saturated rings. The van der Waals surface area contributed by atoms with Crippen molar-refractivity contribution in [3.63, 3.8) is 0 Å². The van der Waals surface area contributed by atoms with Crippen LogP contribution in [0.4, 0.5) is 11.8 Å². The van der Waals surface area contributed by atoms with Crippen LogP contribution in [0.15, 0.2) is 24.4 Å². The molecule has 4 N–H and O–H groups in total. The zero-order valence-corrected chi connectivity index (χ0v) is 10.5. The van der Waals surface area contributed by atoms with Crippen molar-refractivity contribution < 1.29 is 0 Å². The highest BCUT2D eigenvalue weighted by Gasteiger charge is 2.22. The van der Waals surface area contributed by atoms with Crippen LogP contribution in [-0.4, -0.2) is 14.5 Å². The normalized spacial score (nSPS) is 15.4. The van der Waals surface area contributed by atoms with Gasteiger partial charge in [0.25, 0.3) is 0 Å². The third kappa shape index (κ3) is 1.62. The lowest BCUT2D eigenvalue weighted by Gasteiger charge is -2.07. The van der Waals surface area contributed by atoms with Crippen molar-refractivity contribution in [1.82, 2.24) is 14.5 Å². The Morgan fingerprint density at radius 2 is 2.00 bits per heavy atom. The molecule has 19 heavy (non-hydrogen) atoms. The minimum Gasteiger partial charge on any atom is -0.383 e. The molecule has 5 heteroatoms. The molecule has 2 heterocycles. The first-order valence-electron chi connectivity index (χ1n) is 6.53. The molecular formula is C14H15N5. The van der Waals surface area contributed by atoms with Gasteiger partial charge in [-0.3, -0.25) is 0 Å². The third-order valence-corrected chi connectivity index (χ3v) is 3.81. The highest BCUT2D eigenvalue weighted by molar-refractivity contribution is 6.10. The van der Waals surface area contributed by atoms with Gasteiger partial charge < -0.3 is 16.0 Å². The van der Waals surface area contributed by atoms with Crippen LogP contribution in [-0.2, 0) is 6.54 Å². The van der Waals surface area contributed by atoms with Gasteiger partial charge in [0.05, 0.1) is 10.9 Å². The molecular weight excluding hydrogens is 238 g/mol. The average molecular weight is 253 g/mol. The summed E-state index contributed by atoms with van der Waals surface area (Å²) in [5.41, 5.74) is 13.6. The molecule has 0 saturated heterocycles. The topological polar surface area (TPSA) is 82.7 Å². The molecule has 0 spiro atoms. The van der Waals surface area contributed by atoms with Crippen molar-refractivity contribution >= 4 is 33.6 Å². The number of hydrogen-bond donors (Lipinski definition) is 2. The van der Waals surface area contributed by atoms with Gasteiger partial charge in [-0.1, -0.05) is 0 Å². The first-order valence-corrected chi connectivity index (χ1v) is 6.53. The van der Waals surface area contributed by atoms with Crippen molar-refractivity contribution in [3.05, 3.63) is 24.4 Å². The molecule has 0 atom stereocenters. The number of nitrogens with zero attached hydrogens (tertiary/aromatic N) is 3. The SMILES string of the molecule is Nc1nc(N)c2c(ccc3c2ccn3CC2CC2)n1. The van der Waals surface area contributed by atoms with E-state index in [1.165, 1.54) is 18.4 Å². The summed E-state index contributed by atoms with van der Waals surface area (Å²) >= 11 is 0. The molecule has 5 nitrogen and oxygen atoms in total. The Morgan fingerprint density at radius 3 is 2.79 bits per heavy atom. The third-order valence-electron chi connectivity index (χ3n) is 3.81. The fourth-order valence-corrected chi connectivity index (χ4v) is 2.69. The molecule has 1 aliphatic rings. The fraction of sp³-hybridized carbons (Fsp3) is 0.286. The lowest BCUT2D eigenvalue weighted by atomic mass is 10.1. The largest absolute Gasteiger partial charge is 0.383 e. The number of fused-ring (bicyclic) bond motifs is 3. The Hall–Kier alpha value is -2.30. The van der Waals surface area contributed by atoms with Gasteiger partial charge in [0.1, 0.15) is 5.82 Å². The summed E-state index contributed by atoms with van der Waals surface area (Å²) in [5.74, 6) is 1.52. The predicted octanol–water partition coefficient (Wildman–Crippen LogP) is 2.16. The molecule has 0 bridgehead atoms. The number of nitrogen functional groups attached to an aromatic ring is 2. The average Bonchev–Trinajstić information content (AvgIpc) is 3.09. The number of rotatable bonds is 2. The summed E-state index contributed by atoms with van der Waals surface area (Å²) in [4.78, 5) is 8.32. The van der Waals surface area contributed by atoms with Crippen LogP contribution >= 0.6 is 0 Å². The van der Waals surface area contributed by atoms with Crippen LogP contribution < -0.4 is 11.5 Å². The quantitative estimate of drug-likeness (QED) is 0.733. The van der Waals surface area contributed by atoms with Gasteiger partial charge in [0, 0.05) is 23.6 Å². The lowest BCUT2D eigenvalue weighted by molar-refractivity contribution is 0.647. The van der Waals surface area contributed by atoms with Crippen LogP contribution in [0.5, 0.6) is 0 Å². The molecule has 1 saturated carbocycles. The lowest BCUT2D eigenvalue weighted by Crippen LogP contribution is -2.01. The van der Waals surface area contributed by atoms with Crippen molar-refractivity contribution in [2.45, 2.75) is 19.4 Å². The standard InChI is InChI=1S/C14H15N5/c15-13-12-9-5-6-19(7-8-1-2-8)11(9)4-3-10(12)17-14(16)18-13/h3-6,8H,1-2,7H2,(H4,15,16,17,18). The van der Waals surface area contributed by atoms with Crippen LogP contribution in [0.3, 0.4) is 0 Å². The maximum absolute atomic E-state index is 6.01. The Labute approximate surface area is 110 Å². The van der Waals surface area contributed by atoms with Crippen LogP contribution in [0, 0.1) is 5.92 Å². The highest BCUT2D eigenvalue weighted by atomic mass is 15.0. The van der Waals surface area contributed by atoms with E-state index >= 15 is 0 Å². The van der Waals surface area contributed by atoms with Crippen molar-refractivity contribution in [2.75, 3.05) is 11.5 Å². The molecule has 4 rings (SSSR count). The van der Waals surface area contributed by atoms with Gasteiger partial charge in [-0.15, -0.1) is 0 Å². The van der Waals surface area contributed by atoms with E-state index in [1.807, 2.05) is 6.07 Å².